The Hall–Kier alpha value is -1.59. The smallest absolute Gasteiger partial charge is 0.315 e. The standard InChI is InChI=1S/C17H26N2O3/c1-2-22-12-15-7-5-14(6-8-15)11-18-16(21)19-17(13-20)9-3-4-10-17/h5-8,20H,2-4,9-13H2,1H3,(H2,18,19,21). The molecule has 22 heavy (non-hydrogen) atoms. The number of rotatable bonds is 7. The molecule has 0 atom stereocenters. The van der Waals surface area contributed by atoms with Crippen LogP contribution in [0.15, 0.2) is 24.3 Å². The molecule has 122 valence electrons. The molecule has 0 aliphatic heterocycles. The van der Waals surface area contributed by atoms with Gasteiger partial charge in [-0.25, -0.2) is 4.79 Å². The Balaban J connectivity index is 1.78. The van der Waals surface area contributed by atoms with Crippen LogP contribution in [-0.4, -0.2) is 29.9 Å². The van der Waals surface area contributed by atoms with Crippen LogP contribution in [0.1, 0.15) is 43.7 Å². The van der Waals surface area contributed by atoms with Crippen molar-refractivity contribution in [3.63, 3.8) is 0 Å². The molecule has 1 aromatic carbocycles. The first-order valence-electron chi connectivity index (χ1n) is 8.00. The van der Waals surface area contributed by atoms with Gasteiger partial charge in [-0.2, -0.15) is 0 Å². The summed E-state index contributed by atoms with van der Waals surface area (Å²) in [5, 5.41) is 15.3. The molecule has 0 aromatic heterocycles. The van der Waals surface area contributed by atoms with E-state index in [0.717, 1.165) is 36.8 Å². The number of benzene rings is 1. The second kappa shape index (κ2) is 8.15. The molecule has 1 aromatic rings. The summed E-state index contributed by atoms with van der Waals surface area (Å²) in [6, 6.07) is 7.79. The number of carbonyl (C=O) groups is 1. The zero-order valence-corrected chi connectivity index (χ0v) is 13.2. The highest BCUT2D eigenvalue weighted by atomic mass is 16.5. The number of aliphatic hydroxyl groups excluding tert-OH is 1. The van der Waals surface area contributed by atoms with Gasteiger partial charge in [-0.15, -0.1) is 0 Å². The van der Waals surface area contributed by atoms with Crippen molar-refractivity contribution >= 4 is 6.03 Å². The van der Waals surface area contributed by atoms with E-state index >= 15 is 0 Å². The Labute approximate surface area is 132 Å². The van der Waals surface area contributed by atoms with Crippen LogP contribution >= 0.6 is 0 Å². The van der Waals surface area contributed by atoms with Crippen LogP contribution in [-0.2, 0) is 17.9 Å². The average Bonchev–Trinajstić information content (AvgIpc) is 3.01. The number of carbonyl (C=O) groups excluding carboxylic acids is 1. The Morgan fingerprint density at radius 3 is 2.45 bits per heavy atom. The number of nitrogens with one attached hydrogen (secondary N) is 2. The summed E-state index contributed by atoms with van der Waals surface area (Å²) in [5.74, 6) is 0. The molecular weight excluding hydrogens is 280 g/mol. The summed E-state index contributed by atoms with van der Waals surface area (Å²) in [6.45, 7) is 3.77. The molecule has 0 unspecified atom stereocenters. The van der Waals surface area contributed by atoms with E-state index in [1.54, 1.807) is 0 Å². The number of hydrogen-bond acceptors (Lipinski definition) is 3. The van der Waals surface area contributed by atoms with E-state index in [2.05, 4.69) is 10.6 Å². The highest BCUT2D eigenvalue weighted by Gasteiger charge is 2.34. The molecular formula is C17H26N2O3. The summed E-state index contributed by atoms with van der Waals surface area (Å²) in [6.07, 6.45) is 3.82. The molecule has 1 aliphatic rings. The highest BCUT2D eigenvalue weighted by Crippen LogP contribution is 2.28. The van der Waals surface area contributed by atoms with Crippen LogP contribution in [0.25, 0.3) is 0 Å². The number of urea groups is 1. The topological polar surface area (TPSA) is 70.6 Å². The molecule has 1 aliphatic carbocycles. The van der Waals surface area contributed by atoms with Gasteiger partial charge in [0.25, 0.3) is 0 Å². The van der Waals surface area contributed by atoms with E-state index in [1.807, 2.05) is 31.2 Å². The maximum absolute atomic E-state index is 12.0. The molecule has 1 fully saturated rings. The second-order valence-electron chi connectivity index (χ2n) is 5.91. The summed E-state index contributed by atoms with van der Waals surface area (Å²) in [5.41, 5.74) is 1.74. The van der Waals surface area contributed by atoms with Crippen molar-refractivity contribution in [2.75, 3.05) is 13.2 Å². The summed E-state index contributed by atoms with van der Waals surface area (Å²) in [4.78, 5) is 12.0. The zero-order chi connectivity index (χ0) is 15.8. The van der Waals surface area contributed by atoms with E-state index < -0.39 is 5.54 Å². The molecule has 3 N–H and O–H groups in total. The number of hydrogen-bond donors (Lipinski definition) is 3. The number of aliphatic hydroxyl groups is 1. The summed E-state index contributed by atoms with van der Waals surface area (Å²) in [7, 11) is 0. The van der Waals surface area contributed by atoms with Crippen LogP contribution in [0.2, 0.25) is 0 Å². The monoisotopic (exact) mass is 306 g/mol. The summed E-state index contributed by atoms with van der Waals surface area (Å²) >= 11 is 0. The van der Waals surface area contributed by atoms with E-state index in [-0.39, 0.29) is 12.6 Å². The van der Waals surface area contributed by atoms with Gasteiger partial charge in [-0.3, -0.25) is 0 Å². The lowest BCUT2D eigenvalue weighted by Gasteiger charge is -2.28. The first-order valence-corrected chi connectivity index (χ1v) is 8.00. The quantitative estimate of drug-likeness (QED) is 0.724. The minimum absolute atomic E-state index is 0.00649. The first kappa shape index (κ1) is 16.8. The van der Waals surface area contributed by atoms with Gasteiger partial charge in [-0.05, 0) is 30.9 Å². The number of amides is 2. The normalized spacial score (nSPS) is 16.5. The molecule has 5 heteroatoms. The van der Waals surface area contributed by atoms with Crippen molar-refractivity contribution in [1.29, 1.82) is 0 Å². The van der Waals surface area contributed by atoms with Gasteiger partial charge in [0, 0.05) is 13.2 Å². The van der Waals surface area contributed by atoms with Gasteiger partial charge in [0.15, 0.2) is 0 Å². The molecule has 0 bridgehead atoms. The third kappa shape index (κ3) is 4.71. The predicted octanol–water partition coefficient (Wildman–Crippen LogP) is 2.33. The molecule has 0 spiro atoms. The van der Waals surface area contributed by atoms with Gasteiger partial charge < -0.3 is 20.5 Å². The molecule has 0 radical (unpaired) electrons. The van der Waals surface area contributed by atoms with Gasteiger partial charge >= 0.3 is 6.03 Å². The highest BCUT2D eigenvalue weighted by molar-refractivity contribution is 5.74. The van der Waals surface area contributed by atoms with Gasteiger partial charge in [0.2, 0.25) is 0 Å². The van der Waals surface area contributed by atoms with Crippen molar-refractivity contribution in [3.05, 3.63) is 35.4 Å². The fraction of sp³-hybridized carbons (Fsp3) is 0.588. The molecule has 0 heterocycles. The molecule has 1 saturated carbocycles. The van der Waals surface area contributed by atoms with Gasteiger partial charge in [0.1, 0.15) is 0 Å². The third-order valence-corrected chi connectivity index (χ3v) is 4.19. The van der Waals surface area contributed by atoms with E-state index in [9.17, 15) is 9.90 Å². The van der Waals surface area contributed by atoms with Crippen molar-refractivity contribution in [2.24, 2.45) is 0 Å². The van der Waals surface area contributed by atoms with Crippen LogP contribution in [0.4, 0.5) is 4.79 Å². The molecule has 0 saturated heterocycles. The lowest BCUT2D eigenvalue weighted by Crippen LogP contribution is -2.52. The Bertz CT molecular complexity index is 467. The van der Waals surface area contributed by atoms with Crippen LogP contribution in [0.3, 0.4) is 0 Å². The first-order chi connectivity index (χ1) is 10.7. The largest absolute Gasteiger partial charge is 0.394 e. The fourth-order valence-electron chi connectivity index (χ4n) is 2.82. The van der Waals surface area contributed by atoms with Crippen LogP contribution in [0, 0.1) is 0 Å². The Morgan fingerprint density at radius 1 is 1.23 bits per heavy atom. The second-order valence-corrected chi connectivity index (χ2v) is 5.91. The maximum Gasteiger partial charge on any atom is 0.315 e. The lowest BCUT2D eigenvalue weighted by molar-refractivity contribution is 0.134. The predicted molar refractivity (Wildman–Crippen MR) is 85.4 cm³/mol. The van der Waals surface area contributed by atoms with Crippen molar-refractivity contribution in [2.45, 2.75) is 51.3 Å². The van der Waals surface area contributed by atoms with Gasteiger partial charge in [0.05, 0.1) is 18.8 Å². The third-order valence-electron chi connectivity index (χ3n) is 4.19. The van der Waals surface area contributed by atoms with Crippen molar-refractivity contribution in [1.82, 2.24) is 10.6 Å². The molecule has 5 nitrogen and oxygen atoms in total. The fourth-order valence-corrected chi connectivity index (χ4v) is 2.82. The SMILES string of the molecule is CCOCc1ccc(CNC(=O)NC2(CO)CCCC2)cc1. The minimum atomic E-state index is -0.425. The van der Waals surface area contributed by atoms with E-state index in [4.69, 9.17) is 4.74 Å². The molecule has 2 amide bonds. The number of ether oxygens (including phenoxy) is 1. The summed E-state index contributed by atoms with van der Waals surface area (Å²) < 4.78 is 5.35. The van der Waals surface area contributed by atoms with Crippen molar-refractivity contribution < 1.29 is 14.6 Å². The Morgan fingerprint density at radius 2 is 1.86 bits per heavy atom. The Kier molecular flexibility index (Phi) is 6.21. The minimum Gasteiger partial charge on any atom is -0.394 e. The maximum atomic E-state index is 12.0. The van der Waals surface area contributed by atoms with Crippen LogP contribution in [0.5, 0.6) is 0 Å². The van der Waals surface area contributed by atoms with Crippen molar-refractivity contribution in [3.8, 4) is 0 Å². The van der Waals surface area contributed by atoms with Crippen LogP contribution < -0.4 is 10.6 Å². The lowest BCUT2D eigenvalue weighted by atomic mass is 9.99. The van der Waals surface area contributed by atoms with E-state index in [0.29, 0.717) is 19.8 Å². The van der Waals surface area contributed by atoms with E-state index in [1.165, 1.54) is 0 Å². The zero-order valence-electron chi connectivity index (χ0n) is 13.2. The molecule has 2 rings (SSSR count). The van der Waals surface area contributed by atoms with Gasteiger partial charge in [-0.1, -0.05) is 37.1 Å². The average molecular weight is 306 g/mol.